The van der Waals surface area contributed by atoms with Crippen molar-refractivity contribution in [3.8, 4) is 0 Å². The van der Waals surface area contributed by atoms with E-state index in [-0.39, 0.29) is 10.8 Å². The van der Waals surface area contributed by atoms with Gasteiger partial charge in [-0.1, -0.05) is 76.9 Å². The first kappa shape index (κ1) is 21.7. The van der Waals surface area contributed by atoms with E-state index in [9.17, 15) is 0 Å². The van der Waals surface area contributed by atoms with Crippen molar-refractivity contribution in [1.29, 1.82) is 0 Å². The lowest BCUT2D eigenvalue weighted by molar-refractivity contribution is 0.589. The highest BCUT2D eigenvalue weighted by Crippen LogP contribution is 2.37. The van der Waals surface area contributed by atoms with E-state index in [1.807, 2.05) is 12.1 Å². The monoisotopic (exact) mass is 400 g/mol. The lowest BCUT2D eigenvalue weighted by Gasteiger charge is -2.39. The van der Waals surface area contributed by atoms with E-state index in [4.69, 9.17) is 13.1 Å². The fraction of sp³-hybridized carbons (Fsp3) is 0.462. The van der Waals surface area contributed by atoms with Crippen molar-refractivity contribution in [2.45, 2.75) is 52.4 Å². The molecule has 3 rings (SSSR count). The fourth-order valence-electron chi connectivity index (χ4n) is 3.88. The minimum absolute atomic E-state index is 0.0338. The van der Waals surface area contributed by atoms with Crippen LogP contribution in [0.4, 0.5) is 22.7 Å². The van der Waals surface area contributed by atoms with Crippen LogP contribution < -0.4 is 9.80 Å². The maximum absolute atomic E-state index is 7.66. The summed E-state index contributed by atoms with van der Waals surface area (Å²) in [5.74, 6) is 0. The molecule has 1 fully saturated rings. The second-order valence-corrected chi connectivity index (χ2v) is 10.1. The van der Waals surface area contributed by atoms with E-state index in [0.29, 0.717) is 0 Å². The zero-order chi connectivity index (χ0) is 22.1. The second-order valence-electron chi connectivity index (χ2n) is 10.1. The maximum atomic E-state index is 7.66. The Hall–Kier alpha value is -2.98. The quantitative estimate of drug-likeness (QED) is 0.521. The van der Waals surface area contributed by atoms with Gasteiger partial charge in [-0.25, -0.2) is 9.69 Å². The molecule has 2 aromatic carbocycles. The summed E-state index contributed by atoms with van der Waals surface area (Å²) in [6, 6.07) is 12.6. The molecule has 0 saturated carbocycles. The second kappa shape index (κ2) is 8.04. The van der Waals surface area contributed by atoms with Gasteiger partial charge in [-0.2, -0.15) is 0 Å². The van der Waals surface area contributed by atoms with Crippen LogP contribution in [0.15, 0.2) is 36.4 Å². The third kappa shape index (κ3) is 4.44. The zero-order valence-electron chi connectivity index (χ0n) is 19.1. The molecule has 30 heavy (non-hydrogen) atoms. The van der Waals surface area contributed by atoms with Crippen LogP contribution in [0.3, 0.4) is 0 Å². The first-order valence-electron chi connectivity index (χ1n) is 10.6. The number of anilines is 2. The summed E-state index contributed by atoms with van der Waals surface area (Å²) in [5, 5.41) is 0. The summed E-state index contributed by atoms with van der Waals surface area (Å²) in [6.07, 6.45) is 0. The van der Waals surface area contributed by atoms with Crippen LogP contribution in [0.25, 0.3) is 9.69 Å². The van der Waals surface area contributed by atoms with Gasteiger partial charge in [0, 0.05) is 37.6 Å². The lowest BCUT2D eigenvalue weighted by atomic mass is 9.86. The van der Waals surface area contributed by atoms with E-state index >= 15 is 0 Å². The molecule has 0 N–H and O–H groups in total. The van der Waals surface area contributed by atoms with Gasteiger partial charge in [0.05, 0.1) is 13.1 Å². The third-order valence-corrected chi connectivity index (χ3v) is 5.88. The molecule has 1 saturated heterocycles. The molecule has 0 aliphatic carbocycles. The van der Waals surface area contributed by atoms with Crippen LogP contribution in [0.1, 0.15) is 52.7 Å². The number of hydrogen-bond acceptors (Lipinski definition) is 2. The highest BCUT2D eigenvalue weighted by Gasteiger charge is 2.24. The first-order valence-corrected chi connectivity index (χ1v) is 10.6. The van der Waals surface area contributed by atoms with Gasteiger partial charge in [-0.05, 0) is 23.0 Å². The van der Waals surface area contributed by atoms with Crippen LogP contribution in [0, 0.1) is 13.1 Å². The normalized spacial score (nSPS) is 14.9. The number of rotatable bonds is 2. The topological polar surface area (TPSA) is 15.2 Å². The summed E-state index contributed by atoms with van der Waals surface area (Å²) in [5.41, 5.74) is 5.95. The van der Waals surface area contributed by atoms with Gasteiger partial charge in [0.2, 0.25) is 11.4 Å². The average molecular weight is 401 g/mol. The van der Waals surface area contributed by atoms with Crippen molar-refractivity contribution >= 4 is 22.7 Å². The predicted molar refractivity (Wildman–Crippen MR) is 127 cm³/mol. The minimum atomic E-state index is 0.0338. The molecule has 0 unspecified atom stereocenters. The Morgan fingerprint density at radius 3 is 1.23 bits per heavy atom. The average Bonchev–Trinajstić information content (AvgIpc) is 2.71. The highest BCUT2D eigenvalue weighted by atomic mass is 15.3. The molecule has 1 heterocycles. The molecule has 2 aromatic rings. The van der Waals surface area contributed by atoms with Crippen molar-refractivity contribution in [2.24, 2.45) is 0 Å². The molecule has 1 aliphatic heterocycles. The Kier molecular flexibility index (Phi) is 5.82. The van der Waals surface area contributed by atoms with Crippen molar-refractivity contribution in [1.82, 2.24) is 0 Å². The van der Waals surface area contributed by atoms with E-state index in [2.05, 4.69) is 85.3 Å². The standard InChI is InChI=1S/C26H32N4/c1-25(2,3)19-9-11-23(21(17-19)27-7)29-13-15-30(16-14-29)24-12-10-20(26(4,5)6)18-22(24)28-8/h9-12,17-18H,13-16H2,1-6H3. The summed E-state index contributed by atoms with van der Waals surface area (Å²) in [7, 11) is 0. The van der Waals surface area contributed by atoms with Crippen LogP contribution in [0.5, 0.6) is 0 Å². The molecule has 0 radical (unpaired) electrons. The van der Waals surface area contributed by atoms with Gasteiger partial charge in [0.1, 0.15) is 0 Å². The molecule has 0 amide bonds. The summed E-state index contributed by atoms with van der Waals surface area (Å²) in [6.45, 7) is 31.7. The van der Waals surface area contributed by atoms with Gasteiger partial charge in [0.25, 0.3) is 0 Å². The van der Waals surface area contributed by atoms with Crippen molar-refractivity contribution < 1.29 is 0 Å². The van der Waals surface area contributed by atoms with Crippen LogP contribution in [0.2, 0.25) is 0 Å². The van der Waals surface area contributed by atoms with Gasteiger partial charge >= 0.3 is 0 Å². The molecule has 4 heteroatoms. The molecule has 156 valence electrons. The summed E-state index contributed by atoms with van der Waals surface area (Å²) in [4.78, 5) is 12.2. The van der Waals surface area contributed by atoms with E-state index in [1.54, 1.807) is 0 Å². The predicted octanol–water partition coefficient (Wildman–Crippen LogP) is 6.71. The lowest BCUT2D eigenvalue weighted by Crippen LogP contribution is -2.46. The number of nitrogens with zero attached hydrogens (tertiary/aromatic N) is 4. The first-order chi connectivity index (χ1) is 14.0. The molecule has 4 nitrogen and oxygen atoms in total. The van der Waals surface area contributed by atoms with E-state index in [0.717, 1.165) is 48.9 Å². The number of piperazine rings is 1. The van der Waals surface area contributed by atoms with Gasteiger partial charge in [-0.15, -0.1) is 0 Å². The Morgan fingerprint density at radius 1 is 0.633 bits per heavy atom. The van der Waals surface area contributed by atoms with Crippen molar-refractivity contribution in [3.63, 3.8) is 0 Å². The molecule has 0 spiro atoms. The largest absolute Gasteiger partial charge is 0.377 e. The number of benzene rings is 2. The van der Waals surface area contributed by atoms with E-state index in [1.165, 1.54) is 11.1 Å². The van der Waals surface area contributed by atoms with Crippen LogP contribution in [-0.4, -0.2) is 26.2 Å². The van der Waals surface area contributed by atoms with Crippen molar-refractivity contribution in [3.05, 3.63) is 70.4 Å². The number of hydrogen-bond donors (Lipinski definition) is 0. The van der Waals surface area contributed by atoms with Gasteiger partial charge < -0.3 is 9.80 Å². The zero-order valence-corrected chi connectivity index (χ0v) is 19.1. The molecule has 0 aromatic heterocycles. The molecule has 1 aliphatic rings. The van der Waals surface area contributed by atoms with Crippen molar-refractivity contribution in [2.75, 3.05) is 36.0 Å². The fourth-order valence-corrected chi connectivity index (χ4v) is 3.88. The smallest absolute Gasteiger partial charge is 0.210 e. The van der Waals surface area contributed by atoms with Crippen LogP contribution in [-0.2, 0) is 10.8 Å². The van der Waals surface area contributed by atoms with E-state index < -0.39 is 0 Å². The molecule has 0 atom stereocenters. The summed E-state index contributed by atoms with van der Waals surface area (Å²) >= 11 is 0. The van der Waals surface area contributed by atoms with Gasteiger partial charge in [0.15, 0.2) is 0 Å². The third-order valence-electron chi connectivity index (χ3n) is 5.88. The van der Waals surface area contributed by atoms with Crippen LogP contribution >= 0.6 is 0 Å². The molecular weight excluding hydrogens is 368 g/mol. The SMILES string of the molecule is [C-]#[N+]c1cc(C(C)(C)C)ccc1N1CCN(c2ccc(C(C)(C)C)cc2[N+]#[C-])CC1. The Bertz CT molecular complexity index is 918. The Labute approximate surface area is 181 Å². The maximum Gasteiger partial charge on any atom is 0.210 e. The highest BCUT2D eigenvalue weighted by molar-refractivity contribution is 5.75. The Morgan fingerprint density at radius 2 is 0.967 bits per heavy atom. The minimum Gasteiger partial charge on any atom is -0.377 e. The van der Waals surface area contributed by atoms with Gasteiger partial charge in [-0.3, -0.25) is 0 Å². The summed E-state index contributed by atoms with van der Waals surface area (Å²) < 4.78 is 0. The Balaban J connectivity index is 1.79. The molecular formula is C26H32N4. The molecule has 0 bridgehead atoms.